The molecule has 3 aromatic rings. The third-order valence-corrected chi connectivity index (χ3v) is 4.72. The van der Waals surface area contributed by atoms with E-state index >= 15 is 0 Å². The molecule has 7 N–H and O–H groups in total. The number of carbonyl (C=O) groups is 3. The smallest absolute Gasteiger partial charge is 0.326 e. The van der Waals surface area contributed by atoms with Gasteiger partial charge in [0.25, 0.3) is 5.91 Å². The topological polar surface area (TPSA) is 211 Å². The maximum atomic E-state index is 12.4. The molecule has 0 bridgehead atoms. The highest BCUT2D eigenvalue weighted by molar-refractivity contribution is 5.97. The van der Waals surface area contributed by atoms with E-state index in [1.165, 1.54) is 12.1 Å². The summed E-state index contributed by atoms with van der Waals surface area (Å²) in [7, 11) is 1.82. The van der Waals surface area contributed by atoms with Crippen molar-refractivity contribution < 1.29 is 24.6 Å². The largest absolute Gasteiger partial charge is 0.481 e. The average molecular weight is 470 g/mol. The average Bonchev–Trinajstić information content (AvgIpc) is 2.76. The van der Waals surface area contributed by atoms with Crippen LogP contribution in [0.25, 0.3) is 11.2 Å². The van der Waals surface area contributed by atoms with Crippen LogP contribution >= 0.6 is 0 Å². The molecule has 0 aliphatic heterocycles. The Morgan fingerprint density at radius 1 is 1.09 bits per heavy atom. The highest BCUT2D eigenvalue weighted by Gasteiger charge is 2.21. The SMILES string of the molecule is C.CN(Cc1cnc2nc(N)nc(N)c2n1)c1ccc(C(=O)NC(CCC(=O)O)C(=O)O)cc1. The van der Waals surface area contributed by atoms with Crippen LogP contribution in [0.2, 0.25) is 0 Å². The number of hydrogen-bond acceptors (Lipinski definition) is 10. The number of fused-ring (bicyclic) bond motifs is 1. The maximum absolute atomic E-state index is 12.4. The summed E-state index contributed by atoms with van der Waals surface area (Å²) >= 11 is 0. The van der Waals surface area contributed by atoms with Gasteiger partial charge in [-0.2, -0.15) is 9.97 Å². The van der Waals surface area contributed by atoms with Gasteiger partial charge in [-0.3, -0.25) is 9.59 Å². The standard InChI is InChI=1S/C20H22N8O5.CH4/c1-28(9-11-8-23-17-15(24-11)16(21)26-20(22)27-17)12-4-2-10(3-5-12)18(31)25-13(19(32)33)6-7-14(29)30;/h2-5,8,13H,6-7,9H2,1H3,(H,25,31)(H,29,30)(H,32,33)(H4,21,22,23,26,27);1H4. The molecular formula is C21H26N8O5. The van der Waals surface area contributed by atoms with Crippen LogP contribution in [-0.4, -0.2) is 61.1 Å². The number of nitrogens with two attached hydrogens (primary N) is 2. The van der Waals surface area contributed by atoms with Crippen LogP contribution in [0.15, 0.2) is 30.5 Å². The van der Waals surface area contributed by atoms with Crippen molar-refractivity contribution in [1.82, 2.24) is 25.3 Å². The zero-order valence-corrected chi connectivity index (χ0v) is 17.6. The molecule has 3 rings (SSSR count). The lowest BCUT2D eigenvalue weighted by atomic mass is 10.1. The first-order chi connectivity index (χ1) is 15.6. The lowest BCUT2D eigenvalue weighted by molar-refractivity contribution is -0.140. The van der Waals surface area contributed by atoms with Crippen molar-refractivity contribution in [3.05, 3.63) is 41.7 Å². The van der Waals surface area contributed by atoms with E-state index < -0.39 is 23.9 Å². The van der Waals surface area contributed by atoms with Crippen molar-refractivity contribution in [1.29, 1.82) is 0 Å². The lowest BCUT2D eigenvalue weighted by Crippen LogP contribution is -2.41. The normalized spacial score (nSPS) is 11.3. The minimum atomic E-state index is -1.30. The molecule has 1 aromatic carbocycles. The Balaban J connectivity index is 0.00000408. The van der Waals surface area contributed by atoms with E-state index in [9.17, 15) is 19.5 Å². The number of anilines is 3. The van der Waals surface area contributed by atoms with Crippen LogP contribution < -0.4 is 21.7 Å². The van der Waals surface area contributed by atoms with E-state index in [1.807, 2.05) is 11.9 Å². The Morgan fingerprint density at radius 2 is 1.76 bits per heavy atom. The van der Waals surface area contributed by atoms with E-state index in [-0.39, 0.29) is 37.6 Å². The minimum Gasteiger partial charge on any atom is -0.481 e. The zero-order valence-electron chi connectivity index (χ0n) is 17.6. The van der Waals surface area contributed by atoms with Gasteiger partial charge in [-0.05, 0) is 30.7 Å². The number of hydrogen-bond donors (Lipinski definition) is 5. The van der Waals surface area contributed by atoms with Gasteiger partial charge in [0.1, 0.15) is 6.04 Å². The fourth-order valence-corrected chi connectivity index (χ4v) is 3.03. The summed E-state index contributed by atoms with van der Waals surface area (Å²) in [6.45, 7) is 0.370. The summed E-state index contributed by atoms with van der Waals surface area (Å²) in [5.74, 6) is -2.91. The third kappa shape index (κ3) is 6.25. The Morgan fingerprint density at radius 3 is 2.38 bits per heavy atom. The second kappa shape index (κ2) is 10.8. The van der Waals surface area contributed by atoms with Crippen LogP contribution in [0.5, 0.6) is 0 Å². The number of amides is 1. The molecule has 2 heterocycles. The predicted molar refractivity (Wildman–Crippen MR) is 125 cm³/mol. The molecule has 1 unspecified atom stereocenters. The summed E-state index contributed by atoms with van der Waals surface area (Å²) in [5, 5.41) is 20.2. The molecule has 0 saturated heterocycles. The van der Waals surface area contributed by atoms with E-state index in [4.69, 9.17) is 16.6 Å². The zero-order chi connectivity index (χ0) is 24.1. The first kappa shape index (κ1) is 25.7. The van der Waals surface area contributed by atoms with Gasteiger partial charge < -0.3 is 31.9 Å². The van der Waals surface area contributed by atoms with Crippen molar-refractivity contribution in [2.24, 2.45) is 0 Å². The lowest BCUT2D eigenvalue weighted by Gasteiger charge is -2.19. The Labute approximate surface area is 194 Å². The van der Waals surface area contributed by atoms with Gasteiger partial charge in [0, 0.05) is 24.7 Å². The molecule has 0 saturated carbocycles. The second-order valence-electron chi connectivity index (χ2n) is 7.20. The summed E-state index contributed by atoms with van der Waals surface area (Å²) in [6.07, 6.45) is 0.964. The van der Waals surface area contributed by atoms with Gasteiger partial charge in [-0.25, -0.2) is 14.8 Å². The van der Waals surface area contributed by atoms with Gasteiger partial charge in [-0.15, -0.1) is 0 Å². The van der Waals surface area contributed by atoms with Crippen LogP contribution in [0.4, 0.5) is 17.5 Å². The number of carbonyl (C=O) groups excluding carboxylic acids is 1. The molecule has 180 valence electrons. The molecule has 34 heavy (non-hydrogen) atoms. The molecule has 0 aliphatic rings. The first-order valence-corrected chi connectivity index (χ1v) is 9.75. The van der Waals surface area contributed by atoms with E-state index in [0.29, 0.717) is 23.4 Å². The first-order valence-electron chi connectivity index (χ1n) is 9.75. The van der Waals surface area contributed by atoms with Gasteiger partial charge in [0.15, 0.2) is 17.0 Å². The number of aromatic nitrogens is 4. The number of carboxylic acid groups (broad SMARTS) is 2. The molecule has 0 radical (unpaired) electrons. The fraction of sp³-hybridized carbons (Fsp3) is 0.286. The molecule has 13 nitrogen and oxygen atoms in total. The van der Waals surface area contributed by atoms with Crippen LogP contribution in [0, 0.1) is 0 Å². The van der Waals surface area contributed by atoms with Crippen LogP contribution in [0.1, 0.15) is 36.3 Å². The molecular weight excluding hydrogens is 444 g/mol. The molecule has 1 atom stereocenters. The van der Waals surface area contributed by atoms with E-state index in [1.54, 1.807) is 18.3 Å². The van der Waals surface area contributed by atoms with E-state index in [2.05, 4.69) is 25.3 Å². The Kier molecular flexibility index (Phi) is 8.20. The van der Waals surface area contributed by atoms with Crippen LogP contribution in [0.3, 0.4) is 0 Å². The monoisotopic (exact) mass is 470 g/mol. The van der Waals surface area contributed by atoms with Gasteiger partial charge in [0.05, 0.1) is 18.4 Å². The van der Waals surface area contributed by atoms with E-state index in [0.717, 1.165) is 5.69 Å². The van der Waals surface area contributed by atoms with Crippen molar-refractivity contribution in [2.45, 2.75) is 32.9 Å². The number of nitrogen functional groups attached to an aromatic ring is 2. The highest BCUT2D eigenvalue weighted by Crippen LogP contribution is 2.19. The number of benzene rings is 1. The molecule has 13 heteroatoms. The summed E-state index contributed by atoms with van der Waals surface area (Å²) < 4.78 is 0. The minimum absolute atomic E-state index is 0. The highest BCUT2D eigenvalue weighted by atomic mass is 16.4. The predicted octanol–water partition coefficient (Wildman–Crippen LogP) is 0.905. The Hall–Kier alpha value is -4.55. The molecule has 2 aromatic heterocycles. The number of carboxylic acids is 2. The number of nitrogens with one attached hydrogen (secondary N) is 1. The third-order valence-electron chi connectivity index (χ3n) is 4.72. The number of rotatable bonds is 9. The summed E-state index contributed by atoms with van der Waals surface area (Å²) in [4.78, 5) is 52.7. The molecule has 0 spiro atoms. The second-order valence-corrected chi connectivity index (χ2v) is 7.20. The molecule has 0 aliphatic carbocycles. The van der Waals surface area contributed by atoms with Crippen LogP contribution in [-0.2, 0) is 16.1 Å². The van der Waals surface area contributed by atoms with Crippen molar-refractivity contribution in [3.8, 4) is 0 Å². The summed E-state index contributed by atoms with van der Waals surface area (Å²) in [6, 6.07) is 5.16. The van der Waals surface area contributed by atoms with Crippen molar-refractivity contribution in [3.63, 3.8) is 0 Å². The number of aliphatic carboxylic acids is 2. The van der Waals surface area contributed by atoms with Crippen molar-refractivity contribution in [2.75, 3.05) is 23.4 Å². The molecule has 0 fully saturated rings. The fourth-order valence-electron chi connectivity index (χ4n) is 3.03. The molecule has 1 amide bonds. The van der Waals surface area contributed by atoms with Crippen molar-refractivity contribution >= 4 is 46.5 Å². The number of nitrogens with zero attached hydrogens (tertiary/aromatic N) is 5. The van der Waals surface area contributed by atoms with Gasteiger partial charge in [0.2, 0.25) is 5.95 Å². The Bertz CT molecular complexity index is 1200. The van der Waals surface area contributed by atoms with Gasteiger partial charge >= 0.3 is 11.9 Å². The summed E-state index contributed by atoms with van der Waals surface area (Å²) in [5.41, 5.74) is 13.7. The quantitative estimate of drug-likeness (QED) is 0.295. The van der Waals surface area contributed by atoms with Gasteiger partial charge in [-0.1, -0.05) is 7.43 Å². The maximum Gasteiger partial charge on any atom is 0.326 e.